The van der Waals surface area contributed by atoms with Crippen molar-refractivity contribution in [2.24, 2.45) is 0 Å². The van der Waals surface area contributed by atoms with Gasteiger partial charge in [0.25, 0.3) is 10.0 Å². The average Bonchev–Trinajstić information content (AvgIpc) is 2.82. The predicted molar refractivity (Wildman–Crippen MR) is 143 cm³/mol. The highest BCUT2D eigenvalue weighted by Crippen LogP contribution is 2.42. The first kappa shape index (κ1) is 27.0. The minimum atomic E-state index is -4.03. The van der Waals surface area contributed by atoms with E-state index in [0.29, 0.717) is 11.1 Å². The van der Waals surface area contributed by atoms with Crippen molar-refractivity contribution in [1.29, 1.82) is 0 Å². The molecule has 0 fully saturated rings. The van der Waals surface area contributed by atoms with Crippen LogP contribution in [0.25, 0.3) is 11.6 Å². The third-order valence-electron chi connectivity index (χ3n) is 6.00. The highest BCUT2D eigenvalue weighted by molar-refractivity contribution is 7.92. The molecule has 0 unspecified atom stereocenters. The smallest absolute Gasteiger partial charge is 0.303 e. The molecule has 37 heavy (non-hydrogen) atoms. The molecule has 6 nitrogen and oxygen atoms in total. The summed E-state index contributed by atoms with van der Waals surface area (Å²) in [6.45, 7) is 3.39. The lowest BCUT2D eigenvalue weighted by Crippen LogP contribution is -2.43. The zero-order chi connectivity index (χ0) is 26.9. The lowest BCUT2D eigenvalue weighted by Gasteiger charge is -2.36. The van der Waals surface area contributed by atoms with E-state index in [-0.39, 0.29) is 51.3 Å². The Hall–Kier alpha value is -3.07. The molecule has 194 valence electrons. The number of ether oxygens (including phenoxy) is 1. The highest BCUT2D eigenvalue weighted by atomic mass is 35.5. The molecule has 0 saturated carbocycles. The third-order valence-corrected chi connectivity index (χ3v) is 8.41. The van der Waals surface area contributed by atoms with Crippen LogP contribution in [0.15, 0.2) is 59.5 Å². The molecule has 10 heteroatoms. The van der Waals surface area contributed by atoms with Crippen molar-refractivity contribution in [3.05, 3.63) is 87.2 Å². The van der Waals surface area contributed by atoms with Gasteiger partial charge in [0.05, 0.1) is 27.2 Å². The molecule has 1 heterocycles. The number of aliphatic carboxylic acids is 1. The Morgan fingerprint density at radius 2 is 1.89 bits per heavy atom. The number of rotatable bonds is 7. The highest BCUT2D eigenvalue weighted by Gasteiger charge is 2.35. The molecule has 0 amide bonds. The van der Waals surface area contributed by atoms with E-state index in [9.17, 15) is 17.6 Å². The number of hydrogen-bond acceptors (Lipinski definition) is 4. The van der Waals surface area contributed by atoms with Crippen molar-refractivity contribution in [2.75, 3.05) is 10.8 Å². The van der Waals surface area contributed by atoms with Crippen molar-refractivity contribution in [3.8, 4) is 5.75 Å². The van der Waals surface area contributed by atoms with E-state index in [2.05, 4.69) is 0 Å². The Morgan fingerprint density at radius 3 is 2.57 bits per heavy atom. The van der Waals surface area contributed by atoms with Gasteiger partial charge in [-0.3, -0.25) is 9.10 Å². The van der Waals surface area contributed by atoms with E-state index in [1.165, 1.54) is 28.6 Å². The minimum absolute atomic E-state index is 0.0839. The fraction of sp³-hybridized carbons (Fsp3) is 0.222. The second-order valence-corrected chi connectivity index (χ2v) is 11.5. The summed E-state index contributed by atoms with van der Waals surface area (Å²) in [5.41, 5.74) is 2.17. The zero-order valence-electron chi connectivity index (χ0n) is 20.0. The molecule has 3 aromatic carbocycles. The number of nitrogens with zero attached hydrogens (tertiary/aromatic N) is 1. The minimum Gasteiger partial charge on any atom is -0.486 e. The van der Waals surface area contributed by atoms with Crippen LogP contribution >= 0.6 is 23.2 Å². The summed E-state index contributed by atoms with van der Waals surface area (Å²) in [7, 11) is -4.03. The number of anilines is 1. The fourth-order valence-corrected chi connectivity index (χ4v) is 6.33. The first-order chi connectivity index (χ1) is 17.5. The number of halogens is 3. The van der Waals surface area contributed by atoms with Crippen LogP contribution in [0.1, 0.15) is 36.5 Å². The van der Waals surface area contributed by atoms with Crippen LogP contribution in [0.5, 0.6) is 5.75 Å². The topological polar surface area (TPSA) is 83.9 Å². The molecule has 0 aliphatic carbocycles. The second kappa shape index (κ2) is 10.7. The number of hydrogen-bond donors (Lipinski definition) is 1. The molecule has 1 aliphatic heterocycles. The van der Waals surface area contributed by atoms with E-state index >= 15 is 0 Å². The van der Waals surface area contributed by atoms with E-state index in [1.54, 1.807) is 50.3 Å². The van der Waals surface area contributed by atoms with Gasteiger partial charge < -0.3 is 9.84 Å². The summed E-state index contributed by atoms with van der Waals surface area (Å²) in [6, 6.07) is 14.0. The van der Waals surface area contributed by atoms with Gasteiger partial charge in [-0.25, -0.2) is 12.8 Å². The van der Waals surface area contributed by atoms with Crippen LogP contribution in [-0.2, 0) is 14.8 Å². The van der Waals surface area contributed by atoms with Crippen LogP contribution in [-0.4, -0.2) is 32.1 Å². The molecule has 4 rings (SSSR count). The number of carbonyl (C=O) groups is 1. The first-order valence-corrected chi connectivity index (χ1v) is 13.6. The maximum absolute atomic E-state index is 14.5. The van der Waals surface area contributed by atoms with Crippen LogP contribution in [0.3, 0.4) is 0 Å². The summed E-state index contributed by atoms with van der Waals surface area (Å²) in [6.07, 6.45) is 0.856. The van der Waals surface area contributed by atoms with Crippen LogP contribution < -0.4 is 9.04 Å². The number of carboxylic acid groups (broad SMARTS) is 1. The lowest BCUT2D eigenvalue weighted by atomic mass is 10.0. The molecule has 0 bridgehead atoms. The molecular formula is C27H24Cl2FNO5S. The summed E-state index contributed by atoms with van der Waals surface area (Å²) in [5.74, 6) is -1.30. The Balaban J connectivity index is 1.83. The largest absolute Gasteiger partial charge is 0.486 e. The lowest BCUT2D eigenvalue weighted by molar-refractivity contribution is -0.137. The van der Waals surface area contributed by atoms with E-state index in [0.717, 1.165) is 5.56 Å². The van der Waals surface area contributed by atoms with Gasteiger partial charge in [-0.2, -0.15) is 0 Å². The van der Waals surface area contributed by atoms with Crippen molar-refractivity contribution in [3.63, 3.8) is 0 Å². The monoisotopic (exact) mass is 563 g/mol. The predicted octanol–water partition coefficient (Wildman–Crippen LogP) is 6.82. The summed E-state index contributed by atoms with van der Waals surface area (Å²) in [5, 5.41) is 9.60. The fourth-order valence-electron chi connectivity index (χ4n) is 4.21. The van der Waals surface area contributed by atoms with Gasteiger partial charge in [-0.15, -0.1) is 0 Å². The molecular weight excluding hydrogens is 540 g/mol. The molecule has 1 aliphatic rings. The Morgan fingerprint density at radius 1 is 1.16 bits per heavy atom. The maximum atomic E-state index is 14.5. The van der Waals surface area contributed by atoms with Crippen LogP contribution in [0.4, 0.5) is 10.1 Å². The Bertz CT molecular complexity index is 1490. The normalized spacial score (nSPS) is 15.8. The second-order valence-electron chi connectivity index (χ2n) is 8.79. The standard InChI is InChI=1S/C27H24Cl2FNO5S/c1-16-5-3-6-20(11-16)37(34,35)31-15-19(9-10-26(32)33)36-25-14-22(29)18(13-24(25)31)12-17(2)27-21(28)7-4-8-23(27)30/h3-8,11-14,19H,9-10,15H2,1-2H3,(H,32,33)/b17-12+/t19-/m0/s1. The van der Waals surface area contributed by atoms with Gasteiger partial charge in [0.1, 0.15) is 17.7 Å². The van der Waals surface area contributed by atoms with Gasteiger partial charge >= 0.3 is 5.97 Å². The quantitative estimate of drug-likeness (QED) is 0.319. The molecule has 0 radical (unpaired) electrons. The van der Waals surface area contributed by atoms with E-state index < -0.39 is 27.9 Å². The Labute approximate surface area is 224 Å². The number of aryl methyl sites for hydroxylation is 1. The van der Waals surface area contributed by atoms with Crippen molar-refractivity contribution >= 4 is 56.5 Å². The van der Waals surface area contributed by atoms with Crippen molar-refractivity contribution in [2.45, 2.75) is 37.7 Å². The average molecular weight is 564 g/mol. The van der Waals surface area contributed by atoms with Crippen LogP contribution in [0, 0.1) is 12.7 Å². The SMILES string of the molecule is C/C(=C\c1cc2c(cc1Cl)O[C@@H](CCC(=O)O)CN2S(=O)(=O)c1cccc(C)c1)c1c(F)cccc1Cl. The maximum Gasteiger partial charge on any atom is 0.303 e. The van der Waals surface area contributed by atoms with Crippen molar-refractivity contribution < 1.29 is 27.4 Å². The number of allylic oxidation sites excluding steroid dienone is 1. The molecule has 0 spiro atoms. The van der Waals surface area contributed by atoms with Gasteiger partial charge in [-0.1, -0.05) is 41.4 Å². The third kappa shape index (κ3) is 5.76. The molecule has 0 aromatic heterocycles. The number of sulfonamides is 1. The molecule has 1 N–H and O–H groups in total. The summed E-state index contributed by atoms with van der Waals surface area (Å²) < 4.78 is 49.2. The molecule has 1 atom stereocenters. The first-order valence-electron chi connectivity index (χ1n) is 11.4. The van der Waals surface area contributed by atoms with E-state index in [1.807, 2.05) is 0 Å². The zero-order valence-corrected chi connectivity index (χ0v) is 22.4. The Kier molecular flexibility index (Phi) is 7.83. The van der Waals surface area contributed by atoms with Crippen molar-refractivity contribution in [1.82, 2.24) is 0 Å². The number of benzene rings is 3. The van der Waals surface area contributed by atoms with Gasteiger partial charge in [0.2, 0.25) is 0 Å². The van der Waals surface area contributed by atoms with Crippen LogP contribution in [0.2, 0.25) is 10.0 Å². The molecule has 0 saturated heterocycles. The summed E-state index contributed by atoms with van der Waals surface area (Å²) in [4.78, 5) is 11.2. The van der Waals surface area contributed by atoms with Gasteiger partial charge in [-0.05, 0) is 73.4 Å². The summed E-state index contributed by atoms with van der Waals surface area (Å²) >= 11 is 12.7. The molecule has 3 aromatic rings. The van der Waals surface area contributed by atoms with E-state index in [4.69, 9.17) is 33.0 Å². The number of carboxylic acids is 1. The van der Waals surface area contributed by atoms with Gasteiger partial charge in [0, 0.05) is 18.1 Å². The van der Waals surface area contributed by atoms with Gasteiger partial charge in [0.15, 0.2) is 0 Å². The number of fused-ring (bicyclic) bond motifs is 1.